The normalized spacial score (nSPS) is 10.2. The van der Waals surface area contributed by atoms with E-state index in [2.05, 4.69) is 21.2 Å². The lowest BCUT2D eigenvalue weighted by Gasteiger charge is -2.05. The Kier molecular flexibility index (Phi) is 4.87. The number of halogens is 1. The van der Waals surface area contributed by atoms with Crippen LogP contribution in [0.25, 0.3) is 0 Å². The molecule has 0 aliphatic heterocycles. The molecule has 19 heavy (non-hydrogen) atoms. The standard InChI is InChI=1S/C14H13BrN2OS/c15-10-1-5-12(6-2-10)17-14(18)9-19-13-7-3-11(16)4-8-13/h1-8H,9,16H2,(H,17,18). The summed E-state index contributed by atoms with van der Waals surface area (Å²) < 4.78 is 0.988. The molecule has 3 nitrogen and oxygen atoms in total. The molecule has 0 aliphatic rings. The van der Waals surface area contributed by atoms with Crippen molar-refractivity contribution in [2.24, 2.45) is 0 Å². The summed E-state index contributed by atoms with van der Waals surface area (Å²) >= 11 is 4.83. The van der Waals surface area contributed by atoms with Crippen molar-refractivity contribution in [2.75, 3.05) is 16.8 Å². The molecule has 1 amide bonds. The van der Waals surface area contributed by atoms with Crippen molar-refractivity contribution in [3.8, 4) is 0 Å². The minimum Gasteiger partial charge on any atom is -0.399 e. The first-order chi connectivity index (χ1) is 9.13. The zero-order valence-corrected chi connectivity index (χ0v) is 12.5. The van der Waals surface area contributed by atoms with Crippen LogP contribution in [0.2, 0.25) is 0 Å². The quantitative estimate of drug-likeness (QED) is 0.660. The SMILES string of the molecule is Nc1ccc(SCC(=O)Nc2ccc(Br)cc2)cc1. The first-order valence-corrected chi connectivity index (χ1v) is 7.45. The molecule has 0 heterocycles. The number of carbonyl (C=O) groups is 1. The fourth-order valence-electron chi connectivity index (χ4n) is 1.44. The second-order valence-corrected chi connectivity index (χ2v) is 5.88. The van der Waals surface area contributed by atoms with Gasteiger partial charge in [-0.3, -0.25) is 4.79 Å². The monoisotopic (exact) mass is 336 g/mol. The number of hydrogen-bond acceptors (Lipinski definition) is 3. The summed E-state index contributed by atoms with van der Waals surface area (Å²) in [6, 6.07) is 15.0. The molecule has 2 rings (SSSR count). The van der Waals surface area contributed by atoms with Crippen molar-refractivity contribution in [2.45, 2.75) is 4.90 Å². The molecule has 98 valence electrons. The van der Waals surface area contributed by atoms with E-state index < -0.39 is 0 Å². The summed E-state index contributed by atoms with van der Waals surface area (Å²) in [5.41, 5.74) is 7.13. The van der Waals surface area contributed by atoms with Gasteiger partial charge in [-0.1, -0.05) is 15.9 Å². The highest BCUT2D eigenvalue weighted by molar-refractivity contribution is 9.10. The third-order valence-corrected chi connectivity index (χ3v) is 3.92. The average Bonchev–Trinajstić information content (AvgIpc) is 2.41. The maximum Gasteiger partial charge on any atom is 0.234 e. The first-order valence-electron chi connectivity index (χ1n) is 5.67. The summed E-state index contributed by atoms with van der Waals surface area (Å²) in [7, 11) is 0. The molecule has 5 heteroatoms. The summed E-state index contributed by atoms with van der Waals surface area (Å²) in [5.74, 6) is 0.351. The molecule has 0 saturated carbocycles. The Hall–Kier alpha value is -1.46. The van der Waals surface area contributed by atoms with Gasteiger partial charge < -0.3 is 11.1 Å². The van der Waals surface area contributed by atoms with Gasteiger partial charge in [0, 0.05) is 20.7 Å². The molecule has 0 fully saturated rings. The van der Waals surface area contributed by atoms with Crippen molar-refractivity contribution in [3.05, 3.63) is 53.0 Å². The van der Waals surface area contributed by atoms with Crippen LogP contribution in [0.15, 0.2) is 57.9 Å². The van der Waals surface area contributed by atoms with Crippen LogP contribution in [-0.2, 0) is 4.79 Å². The van der Waals surface area contributed by atoms with Crippen molar-refractivity contribution in [1.82, 2.24) is 0 Å². The topological polar surface area (TPSA) is 55.1 Å². The number of hydrogen-bond donors (Lipinski definition) is 2. The maximum atomic E-state index is 11.8. The van der Waals surface area contributed by atoms with Crippen LogP contribution in [-0.4, -0.2) is 11.7 Å². The zero-order chi connectivity index (χ0) is 13.7. The van der Waals surface area contributed by atoms with Gasteiger partial charge in [0.2, 0.25) is 5.91 Å². The van der Waals surface area contributed by atoms with Gasteiger partial charge in [-0.2, -0.15) is 0 Å². The molecule has 3 N–H and O–H groups in total. The fraction of sp³-hybridized carbons (Fsp3) is 0.0714. The third-order valence-electron chi connectivity index (χ3n) is 2.38. The number of rotatable bonds is 4. The summed E-state index contributed by atoms with van der Waals surface area (Å²) in [6.07, 6.45) is 0. The van der Waals surface area contributed by atoms with Crippen LogP contribution in [0.4, 0.5) is 11.4 Å². The molecule has 0 aromatic heterocycles. The van der Waals surface area contributed by atoms with Gasteiger partial charge in [-0.15, -0.1) is 11.8 Å². The smallest absolute Gasteiger partial charge is 0.234 e. The van der Waals surface area contributed by atoms with Crippen LogP contribution < -0.4 is 11.1 Å². The van der Waals surface area contributed by atoms with E-state index >= 15 is 0 Å². The number of nitrogens with two attached hydrogens (primary N) is 1. The van der Waals surface area contributed by atoms with E-state index in [-0.39, 0.29) is 5.91 Å². The zero-order valence-electron chi connectivity index (χ0n) is 10.1. The number of amides is 1. The highest BCUT2D eigenvalue weighted by Crippen LogP contribution is 2.20. The van der Waals surface area contributed by atoms with Gasteiger partial charge in [0.1, 0.15) is 0 Å². The lowest BCUT2D eigenvalue weighted by atomic mass is 10.3. The Morgan fingerprint density at radius 2 is 1.74 bits per heavy atom. The first kappa shape index (κ1) is 14.0. The molecular weight excluding hydrogens is 324 g/mol. The lowest BCUT2D eigenvalue weighted by molar-refractivity contribution is -0.113. The second-order valence-electron chi connectivity index (χ2n) is 3.91. The van der Waals surface area contributed by atoms with Gasteiger partial charge in [-0.05, 0) is 48.5 Å². The Bertz CT molecular complexity index is 555. The Labute approximate surface area is 124 Å². The van der Waals surface area contributed by atoms with Crippen molar-refractivity contribution in [1.29, 1.82) is 0 Å². The predicted molar refractivity (Wildman–Crippen MR) is 84.4 cm³/mol. The second kappa shape index (κ2) is 6.63. The fourth-order valence-corrected chi connectivity index (χ4v) is 2.41. The third kappa shape index (κ3) is 4.61. The Morgan fingerprint density at radius 3 is 2.37 bits per heavy atom. The summed E-state index contributed by atoms with van der Waals surface area (Å²) in [6.45, 7) is 0. The van der Waals surface area contributed by atoms with Crippen molar-refractivity contribution in [3.63, 3.8) is 0 Å². The van der Waals surface area contributed by atoms with E-state index in [0.717, 1.165) is 20.7 Å². The van der Waals surface area contributed by atoms with E-state index in [1.54, 1.807) is 0 Å². The van der Waals surface area contributed by atoms with E-state index in [9.17, 15) is 4.79 Å². The van der Waals surface area contributed by atoms with Crippen LogP contribution in [0.1, 0.15) is 0 Å². The number of carbonyl (C=O) groups excluding carboxylic acids is 1. The molecule has 0 saturated heterocycles. The Balaban J connectivity index is 1.84. The largest absolute Gasteiger partial charge is 0.399 e. The molecule has 2 aromatic rings. The number of anilines is 2. The number of nitrogens with one attached hydrogen (secondary N) is 1. The number of benzene rings is 2. The van der Waals surface area contributed by atoms with Crippen LogP contribution in [0.3, 0.4) is 0 Å². The van der Waals surface area contributed by atoms with Gasteiger partial charge in [0.05, 0.1) is 5.75 Å². The van der Waals surface area contributed by atoms with Crippen LogP contribution >= 0.6 is 27.7 Å². The van der Waals surface area contributed by atoms with Crippen molar-refractivity contribution < 1.29 is 4.79 Å². The molecule has 0 aliphatic carbocycles. The van der Waals surface area contributed by atoms with Gasteiger partial charge in [-0.25, -0.2) is 0 Å². The average molecular weight is 337 g/mol. The molecule has 0 unspecified atom stereocenters. The molecule has 0 spiro atoms. The number of nitrogen functional groups attached to an aromatic ring is 1. The van der Waals surface area contributed by atoms with Gasteiger partial charge >= 0.3 is 0 Å². The van der Waals surface area contributed by atoms with Gasteiger partial charge in [0.15, 0.2) is 0 Å². The summed E-state index contributed by atoms with van der Waals surface area (Å²) in [4.78, 5) is 12.8. The van der Waals surface area contributed by atoms with E-state index in [0.29, 0.717) is 5.75 Å². The number of thioether (sulfide) groups is 1. The van der Waals surface area contributed by atoms with Crippen LogP contribution in [0, 0.1) is 0 Å². The highest BCUT2D eigenvalue weighted by Gasteiger charge is 2.03. The summed E-state index contributed by atoms with van der Waals surface area (Å²) in [5, 5.41) is 2.85. The Morgan fingerprint density at radius 1 is 1.11 bits per heavy atom. The maximum absolute atomic E-state index is 11.8. The van der Waals surface area contributed by atoms with E-state index in [1.165, 1.54) is 11.8 Å². The van der Waals surface area contributed by atoms with E-state index in [4.69, 9.17) is 5.73 Å². The molecule has 0 radical (unpaired) electrons. The van der Waals surface area contributed by atoms with Gasteiger partial charge in [0.25, 0.3) is 0 Å². The predicted octanol–water partition coefficient (Wildman–Crippen LogP) is 3.76. The molecule has 2 aromatic carbocycles. The molecular formula is C14H13BrN2OS. The minimum absolute atomic E-state index is 0.0239. The van der Waals surface area contributed by atoms with Crippen molar-refractivity contribution >= 4 is 45.0 Å². The van der Waals surface area contributed by atoms with Crippen LogP contribution in [0.5, 0.6) is 0 Å². The minimum atomic E-state index is -0.0239. The molecule has 0 bridgehead atoms. The molecule has 0 atom stereocenters. The lowest BCUT2D eigenvalue weighted by Crippen LogP contribution is -2.13. The van der Waals surface area contributed by atoms with E-state index in [1.807, 2.05) is 48.5 Å². The highest BCUT2D eigenvalue weighted by atomic mass is 79.9.